The summed E-state index contributed by atoms with van der Waals surface area (Å²) >= 11 is 6.99. The molecule has 0 aliphatic carbocycles. The van der Waals surface area contributed by atoms with Crippen LogP contribution in [-0.2, 0) is 11.3 Å². The number of amides is 1. The molecule has 1 saturated heterocycles. The van der Waals surface area contributed by atoms with Crippen LogP contribution >= 0.6 is 23.6 Å². The summed E-state index contributed by atoms with van der Waals surface area (Å²) in [6, 6.07) is 12.1. The molecule has 2 aromatic heterocycles. The van der Waals surface area contributed by atoms with E-state index in [1.165, 1.54) is 0 Å². The summed E-state index contributed by atoms with van der Waals surface area (Å²) < 4.78 is 7.56. The molecule has 152 valence electrons. The predicted molar refractivity (Wildman–Crippen MR) is 117 cm³/mol. The number of likely N-dealkylation sites (tertiary alicyclic amines) is 1. The van der Waals surface area contributed by atoms with Gasteiger partial charge in [-0.05, 0) is 54.2 Å². The summed E-state index contributed by atoms with van der Waals surface area (Å²) in [5.41, 5.74) is 1.15. The number of rotatable bonds is 5. The van der Waals surface area contributed by atoms with Crippen LogP contribution in [0.4, 0.5) is 0 Å². The number of aromatic amines is 1. The van der Waals surface area contributed by atoms with Gasteiger partial charge in [0.1, 0.15) is 12.3 Å². The van der Waals surface area contributed by atoms with Gasteiger partial charge in [-0.3, -0.25) is 14.5 Å². The van der Waals surface area contributed by atoms with E-state index in [0.29, 0.717) is 10.6 Å². The molecule has 1 atom stereocenters. The summed E-state index contributed by atoms with van der Waals surface area (Å²) in [5.74, 6) is 1.61. The van der Waals surface area contributed by atoms with Gasteiger partial charge in [0, 0.05) is 6.54 Å². The Labute approximate surface area is 179 Å². The lowest BCUT2D eigenvalue weighted by Crippen LogP contribution is -2.37. The summed E-state index contributed by atoms with van der Waals surface area (Å²) in [4.78, 5) is 16.4. The minimum absolute atomic E-state index is 0.0715. The Morgan fingerprint density at radius 1 is 1.28 bits per heavy atom. The Kier molecular flexibility index (Phi) is 6.10. The average molecular weight is 429 g/mol. The van der Waals surface area contributed by atoms with E-state index in [0.717, 1.165) is 48.4 Å². The van der Waals surface area contributed by atoms with Crippen molar-refractivity contribution in [3.05, 3.63) is 52.1 Å². The molecule has 8 heteroatoms. The molecule has 29 heavy (non-hydrogen) atoms. The highest BCUT2D eigenvalue weighted by atomic mass is 32.1. The van der Waals surface area contributed by atoms with Crippen LogP contribution in [-0.4, -0.2) is 39.2 Å². The van der Waals surface area contributed by atoms with E-state index >= 15 is 0 Å². The first-order valence-electron chi connectivity index (χ1n) is 9.80. The number of nitrogens with zero attached hydrogens (tertiary/aromatic N) is 3. The number of benzene rings is 1. The molecule has 3 heterocycles. The second-order valence-corrected chi connectivity index (χ2v) is 8.48. The largest absolute Gasteiger partial charge is 0.497 e. The minimum atomic E-state index is 0.0715. The number of carbonyl (C=O) groups is 1. The molecule has 0 saturated carbocycles. The van der Waals surface area contributed by atoms with E-state index in [4.69, 9.17) is 17.0 Å². The molecular formula is C21H24N4O2S2. The van der Waals surface area contributed by atoms with Crippen LogP contribution in [0.3, 0.4) is 0 Å². The van der Waals surface area contributed by atoms with Crippen LogP contribution < -0.4 is 4.74 Å². The molecule has 1 aliphatic rings. The van der Waals surface area contributed by atoms with Crippen LogP contribution in [0.5, 0.6) is 5.75 Å². The number of hydrogen-bond donors (Lipinski definition) is 1. The molecule has 1 N–H and O–H groups in total. The van der Waals surface area contributed by atoms with Crippen molar-refractivity contribution in [2.75, 3.05) is 13.7 Å². The van der Waals surface area contributed by atoms with Crippen molar-refractivity contribution < 1.29 is 9.53 Å². The zero-order valence-corrected chi connectivity index (χ0v) is 18.0. The fourth-order valence-electron chi connectivity index (χ4n) is 3.86. The fourth-order valence-corrected chi connectivity index (χ4v) is 4.78. The number of methoxy groups -OCH3 is 1. The minimum Gasteiger partial charge on any atom is -0.497 e. The lowest BCUT2D eigenvalue weighted by Gasteiger charge is -2.31. The fraction of sp³-hybridized carbons (Fsp3) is 0.381. The SMILES string of the molecule is COc1ccc(C2CCCCCN2C(=O)Cn2c(-c3cccs3)n[nH]c2=S)cc1. The quantitative estimate of drug-likeness (QED) is 0.592. The second-order valence-electron chi connectivity index (χ2n) is 7.14. The van der Waals surface area contributed by atoms with Crippen molar-refractivity contribution >= 4 is 29.5 Å². The molecule has 6 nitrogen and oxygen atoms in total. The summed E-state index contributed by atoms with van der Waals surface area (Å²) in [7, 11) is 1.66. The Bertz CT molecular complexity index is 1010. The van der Waals surface area contributed by atoms with Crippen molar-refractivity contribution in [1.82, 2.24) is 19.7 Å². The first-order chi connectivity index (χ1) is 14.2. The third kappa shape index (κ3) is 4.28. The van der Waals surface area contributed by atoms with Crippen LogP contribution in [0.1, 0.15) is 37.3 Å². The van der Waals surface area contributed by atoms with Crippen molar-refractivity contribution in [3.8, 4) is 16.5 Å². The van der Waals surface area contributed by atoms with Gasteiger partial charge in [0.2, 0.25) is 5.91 Å². The Morgan fingerprint density at radius 3 is 2.83 bits per heavy atom. The molecule has 0 spiro atoms. The van der Waals surface area contributed by atoms with E-state index in [1.807, 2.05) is 34.5 Å². The Morgan fingerprint density at radius 2 is 2.10 bits per heavy atom. The first-order valence-corrected chi connectivity index (χ1v) is 11.1. The van der Waals surface area contributed by atoms with E-state index in [9.17, 15) is 4.79 Å². The number of carbonyl (C=O) groups excluding carboxylic acids is 1. The van der Waals surface area contributed by atoms with Crippen LogP contribution in [0, 0.1) is 4.77 Å². The number of ether oxygens (including phenoxy) is 1. The van der Waals surface area contributed by atoms with Crippen LogP contribution in [0.2, 0.25) is 0 Å². The normalized spacial score (nSPS) is 17.1. The smallest absolute Gasteiger partial charge is 0.243 e. The molecule has 0 bridgehead atoms. The highest BCUT2D eigenvalue weighted by Gasteiger charge is 2.27. The Hall–Kier alpha value is -2.45. The van der Waals surface area contributed by atoms with Crippen molar-refractivity contribution in [1.29, 1.82) is 0 Å². The lowest BCUT2D eigenvalue weighted by atomic mass is 10.0. The van der Waals surface area contributed by atoms with Gasteiger partial charge in [-0.25, -0.2) is 0 Å². The van der Waals surface area contributed by atoms with E-state index < -0.39 is 0 Å². The standard InChI is InChI=1S/C21H24N4O2S2/c1-27-16-10-8-15(9-11-16)17-6-3-2-4-12-24(17)19(26)14-25-20(22-23-21(25)28)18-7-5-13-29-18/h5,7-11,13,17H,2-4,6,12,14H2,1H3,(H,23,28). The van der Waals surface area contributed by atoms with Gasteiger partial charge in [0.05, 0.1) is 18.0 Å². The van der Waals surface area contributed by atoms with Gasteiger partial charge < -0.3 is 9.64 Å². The number of aromatic nitrogens is 3. The maximum absolute atomic E-state index is 13.4. The number of thiophene rings is 1. The van der Waals surface area contributed by atoms with Crippen LogP contribution in [0.25, 0.3) is 10.7 Å². The van der Waals surface area contributed by atoms with Gasteiger partial charge in [-0.2, -0.15) is 5.10 Å². The van der Waals surface area contributed by atoms with Crippen molar-refractivity contribution in [2.45, 2.75) is 38.3 Å². The Balaban J connectivity index is 1.60. The molecule has 3 aromatic rings. The third-order valence-corrected chi connectivity index (χ3v) is 6.54. The molecule has 1 fully saturated rings. The summed E-state index contributed by atoms with van der Waals surface area (Å²) in [6.07, 6.45) is 4.24. The maximum Gasteiger partial charge on any atom is 0.243 e. The molecule has 1 aromatic carbocycles. The lowest BCUT2D eigenvalue weighted by molar-refractivity contribution is -0.134. The summed E-state index contributed by atoms with van der Waals surface area (Å²) in [6.45, 7) is 0.949. The zero-order valence-electron chi connectivity index (χ0n) is 16.3. The van der Waals surface area contributed by atoms with Gasteiger partial charge in [0.25, 0.3) is 0 Å². The van der Waals surface area contributed by atoms with Crippen molar-refractivity contribution in [3.63, 3.8) is 0 Å². The number of hydrogen-bond acceptors (Lipinski definition) is 5. The highest BCUT2D eigenvalue weighted by Crippen LogP contribution is 2.32. The van der Waals surface area contributed by atoms with E-state index in [1.54, 1.807) is 23.0 Å². The highest BCUT2D eigenvalue weighted by molar-refractivity contribution is 7.71. The molecule has 1 unspecified atom stereocenters. The number of nitrogens with one attached hydrogen (secondary N) is 1. The molecular weight excluding hydrogens is 404 g/mol. The molecule has 1 amide bonds. The third-order valence-electron chi connectivity index (χ3n) is 5.37. The second kappa shape index (κ2) is 8.92. The average Bonchev–Trinajstić information content (AvgIpc) is 3.31. The predicted octanol–water partition coefficient (Wildman–Crippen LogP) is 4.82. The first kappa shape index (κ1) is 19.8. The molecule has 0 radical (unpaired) electrons. The van der Waals surface area contributed by atoms with Gasteiger partial charge in [-0.1, -0.05) is 31.0 Å². The molecule has 1 aliphatic heterocycles. The zero-order chi connectivity index (χ0) is 20.2. The summed E-state index contributed by atoms with van der Waals surface area (Å²) in [5, 5.41) is 9.18. The van der Waals surface area contributed by atoms with E-state index in [-0.39, 0.29) is 18.5 Å². The number of H-pyrrole nitrogens is 1. The van der Waals surface area contributed by atoms with Gasteiger partial charge in [-0.15, -0.1) is 11.3 Å². The van der Waals surface area contributed by atoms with Gasteiger partial charge >= 0.3 is 0 Å². The van der Waals surface area contributed by atoms with Crippen molar-refractivity contribution in [2.24, 2.45) is 0 Å². The monoisotopic (exact) mass is 428 g/mol. The van der Waals surface area contributed by atoms with Crippen LogP contribution in [0.15, 0.2) is 41.8 Å². The maximum atomic E-state index is 13.4. The van der Waals surface area contributed by atoms with E-state index in [2.05, 4.69) is 22.3 Å². The topological polar surface area (TPSA) is 63.1 Å². The van der Waals surface area contributed by atoms with Gasteiger partial charge in [0.15, 0.2) is 10.6 Å². The molecule has 4 rings (SSSR count).